The van der Waals surface area contributed by atoms with Crippen molar-refractivity contribution in [2.45, 2.75) is 116 Å². The zero-order valence-corrected chi connectivity index (χ0v) is 23.4. The topological polar surface area (TPSA) is 77.5 Å². The maximum absolute atomic E-state index is 11.8. The summed E-state index contributed by atoms with van der Waals surface area (Å²) in [6.45, 7) is 2.21. The third kappa shape index (κ3) is 26.3. The Morgan fingerprint density at radius 3 is 1.55 bits per heavy atom. The first-order valence-corrected chi connectivity index (χ1v) is 13.8. The molecule has 0 unspecified atom stereocenters. The van der Waals surface area contributed by atoms with Gasteiger partial charge in [-0.1, -0.05) is 109 Å². The van der Waals surface area contributed by atoms with Gasteiger partial charge in [0, 0.05) is 13.6 Å². The average Bonchev–Trinajstić information content (AvgIpc) is 2.70. The molecule has 0 aliphatic heterocycles. The monoisotopic (exact) mass is 467 g/mol. The van der Waals surface area contributed by atoms with E-state index < -0.39 is 15.9 Å². The molecule has 0 saturated carbocycles. The zero-order chi connectivity index (χ0) is 22.5. The van der Waals surface area contributed by atoms with Crippen molar-refractivity contribution >= 4 is 16.0 Å². The van der Waals surface area contributed by atoms with Crippen molar-refractivity contribution in [2.75, 3.05) is 19.3 Å². The van der Waals surface area contributed by atoms with Crippen molar-refractivity contribution in [1.29, 1.82) is 0 Å². The van der Waals surface area contributed by atoms with Crippen molar-refractivity contribution in [3.05, 3.63) is 12.2 Å². The summed E-state index contributed by atoms with van der Waals surface area (Å²) in [5, 5.41) is 0. The molecule has 5 nitrogen and oxygen atoms in total. The maximum atomic E-state index is 11.8. The predicted octanol–water partition coefficient (Wildman–Crippen LogP) is 3.20. The predicted molar refractivity (Wildman–Crippen MR) is 126 cm³/mol. The summed E-state index contributed by atoms with van der Waals surface area (Å²) in [5.74, 6) is -0.794. The van der Waals surface area contributed by atoms with Crippen LogP contribution in [0.25, 0.3) is 0 Å². The van der Waals surface area contributed by atoms with Crippen molar-refractivity contribution < 1.29 is 47.3 Å². The van der Waals surface area contributed by atoms with Gasteiger partial charge in [-0.2, -0.15) is 0 Å². The molecule has 0 bridgehead atoms. The minimum absolute atomic E-state index is 0. The van der Waals surface area contributed by atoms with E-state index in [0.717, 1.165) is 12.8 Å². The summed E-state index contributed by atoms with van der Waals surface area (Å²) in [6, 6.07) is 0. The van der Waals surface area contributed by atoms with E-state index in [1.807, 2.05) is 6.08 Å². The fourth-order valence-electron chi connectivity index (χ4n) is 3.48. The van der Waals surface area contributed by atoms with Gasteiger partial charge in [-0.3, -0.25) is 4.79 Å². The molecule has 0 aromatic rings. The second-order valence-corrected chi connectivity index (χ2v) is 10.0. The fraction of sp³-hybridized carbons (Fsp3) is 0.875. The Kier molecular flexibility index (Phi) is 25.0. The Morgan fingerprint density at radius 2 is 1.16 bits per heavy atom. The molecule has 31 heavy (non-hydrogen) atoms. The number of hydrogen-bond acceptors (Lipinski definition) is 4. The van der Waals surface area contributed by atoms with Gasteiger partial charge >= 0.3 is 29.6 Å². The molecular weight excluding hydrogens is 421 g/mol. The Bertz CT molecular complexity index is 538. The van der Waals surface area contributed by atoms with Crippen LogP contribution in [0.5, 0.6) is 0 Å². The Hall–Kier alpha value is 0.120. The fourth-order valence-corrected chi connectivity index (χ4v) is 3.98. The molecule has 0 aromatic heterocycles. The SMILES string of the molecule is CCCCCCCCCCCCCCCCCC/C=C/C(=O)N(C)CCS(=O)(=O)[O-].[Na+]. The Morgan fingerprint density at radius 1 is 0.774 bits per heavy atom. The molecule has 0 saturated heterocycles. The number of amides is 1. The molecule has 0 heterocycles. The first-order chi connectivity index (χ1) is 14.4. The van der Waals surface area contributed by atoms with Crippen LogP contribution in [0.1, 0.15) is 116 Å². The van der Waals surface area contributed by atoms with Crippen LogP contribution in [0, 0.1) is 0 Å². The van der Waals surface area contributed by atoms with Crippen molar-refractivity contribution in [2.24, 2.45) is 0 Å². The van der Waals surface area contributed by atoms with E-state index in [0.29, 0.717) is 0 Å². The number of nitrogens with zero attached hydrogens (tertiary/aromatic N) is 1. The maximum Gasteiger partial charge on any atom is 1.00 e. The molecule has 0 atom stereocenters. The van der Waals surface area contributed by atoms with Crippen LogP contribution in [-0.4, -0.2) is 43.1 Å². The van der Waals surface area contributed by atoms with Gasteiger partial charge in [0.05, 0.1) is 15.9 Å². The number of allylic oxidation sites excluding steroid dienone is 1. The van der Waals surface area contributed by atoms with E-state index in [-0.39, 0.29) is 42.0 Å². The van der Waals surface area contributed by atoms with E-state index in [2.05, 4.69) is 6.92 Å². The van der Waals surface area contributed by atoms with Gasteiger partial charge in [0.2, 0.25) is 5.91 Å². The van der Waals surface area contributed by atoms with Crippen LogP contribution in [0.2, 0.25) is 0 Å². The summed E-state index contributed by atoms with van der Waals surface area (Å²) in [7, 11) is -2.77. The summed E-state index contributed by atoms with van der Waals surface area (Å²) < 4.78 is 31.7. The smallest absolute Gasteiger partial charge is 0.748 e. The zero-order valence-electron chi connectivity index (χ0n) is 20.6. The number of rotatable bonds is 21. The molecule has 0 aliphatic carbocycles. The van der Waals surface area contributed by atoms with E-state index in [4.69, 9.17) is 0 Å². The number of carbonyl (C=O) groups excluding carboxylic acids is 1. The molecule has 7 heteroatoms. The molecule has 0 rings (SSSR count). The normalized spacial score (nSPS) is 11.6. The molecule has 1 amide bonds. The molecule has 0 radical (unpaired) electrons. The van der Waals surface area contributed by atoms with Gasteiger partial charge < -0.3 is 9.45 Å². The molecule has 0 fully saturated rings. The standard InChI is InChI=1S/C24H47NO4S.Na/c1-3-4-5-6-7-8-9-10-11-12-13-14-15-16-17-18-19-20-21-24(26)25(2)22-23-30(27,28)29;/h20-21H,3-19,22-23H2,1-2H3,(H,27,28,29);/q;+1/p-1/b21-20+;. The van der Waals surface area contributed by atoms with E-state index >= 15 is 0 Å². The summed E-state index contributed by atoms with van der Waals surface area (Å²) in [5.41, 5.74) is 0. The molecule has 0 aliphatic rings. The molecular formula is C24H46NNaO4S. The summed E-state index contributed by atoms with van der Waals surface area (Å²) >= 11 is 0. The Labute approximate surface area is 214 Å². The molecule has 178 valence electrons. The number of unbranched alkanes of at least 4 members (excludes halogenated alkanes) is 16. The minimum atomic E-state index is -4.27. The van der Waals surface area contributed by atoms with Crippen LogP contribution in [-0.2, 0) is 14.9 Å². The van der Waals surface area contributed by atoms with Gasteiger partial charge in [0.1, 0.15) is 0 Å². The van der Waals surface area contributed by atoms with Crippen molar-refractivity contribution in [1.82, 2.24) is 4.90 Å². The number of likely N-dealkylation sites (N-methyl/N-ethyl adjacent to an activating group) is 1. The van der Waals surface area contributed by atoms with E-state index in [9.17, 15) is 17.8 Å². The number of carbonyl (C=O) groups is 1. The first-order valence-electron chi connectivity index (χ1n) is 12.2. The summed E-state index contributed by atoms with van der Waals surface area (Å²) in [4.78, 5) is 13.0. The van der Waals surface area contributed by atoms with Gasteiger partial charge in [-0.25, -0.2) is 8.42 Å². The second kappa shape index (κ2) is 23.3. The van der Waals surface area contributed by atoms with Crippen LogP contribution in [0.3, 0.4) is 0 Å². The molecule has 0 aromatic carbocycles. The first kappa shape index (κ1) is 33.3. The van der Waals surface area contributed by atoms with Gasteiger partial charge in [-0.15, -0.1) is 0 Å². The van der Waals surface area contributed by atoms with Crippen molar-refractivity contribution in [3.8, 4) is 0 Å². The minimum Gasteiger partial charge on any atom is -0.748 e. The molecule has 0 N–H and O–H groups in total. The van der Waals surface area contributed by atoms with Crippen LogP contribution >= 0.6 is 0 Å². The van der Waals surface area contributed by atoms with Gasteiger partial charge in [0.25, 0.3) is 0 Å². The molecule has 0 spiro atoms. The average molecular weight is 468 g/mol. The third-order valence-electron chi connectivity index (χ3n) is 5.54. The third-order valence-corrected chi connectivity index (χ3v) is 6.22. The second-order valence-electron chi connectivity index (χ2n) is 8.52. The van der Waals surface area contributed by atoms with E-state index in [1.54, 1.807) is 0 Å². The Balaban J connectivity index is 0. The van der Waals surface area contributed by atoms with Crippen LogP contribution < -0.4 is 29.6 Å². The van der Waals surface area contributed by atoms with Gasteiger partial charge in [-0.05, 0) is 18.9 Å². The number of hydrogen-bond donors (Lipinski definition) is 0. The van der Waals surface area contributed by atoms with Crippen LogP contribution in [0.4, 0.5) is 0 Å². The van der Waals surface area contributed by atoms with Crippen LogP contribution in [0.15, 0.2) is 12.2 Å². The largest absolute Gasteiger partial charge is 1.00 e. The van der Waals surface area contributed by atoms with E-state index in [1.165, 1.54) is 114 Å². The quantitative estimate of drug-likeness (QED) is 0.112. The van der Waals surface area contributed by atoms with Crippen molar-refractivity contribution in [3.63, 3.8) is 0 Å². The summed E-state index contributed by atoms with van der Waals surface area (Å²) in [6.07, 6.45) is 25.7. The van der Waals surface area contributed by atoms with Gasteiger partial charge in [0.15, 0.2) is 0 Å².